The standard InChI is InChI=1S/C27H33BrN4O8/c1-6-38-20-11-16(24-23(26(34)37-5)15(3)30-27(35)31-24)8-9-19(20)40-14-22(33)32-29-13-17-10-18(28)12-21(36-4)25(17)39-7-2/h8-13,22,24,32-33H,6-7,14H2,1-5H3,(H2,30,31,35)/b29-13+/t22-,24+/m1/s1. The van der Waals surface area contributed by atoms with Gasteiger partial charge in [-0.05, 0) is 50.6 Å². The zero-order valence-corrected chi connectivity index (χ0v) is 24.5. The Morgan fingerprint density at radius 2 is 1.88 bits per heavy atom. The molecule has 4 N–H and O–H groups in total. The first-order valence-corrected chi connectivity index (χ1v) is 13.2. The average Bonchev–Trinajstić information content (AvgIpc) is 2.92. The van der Waals surface area contributed by atoms with Crippen molar-refractivity contribution >= 4 is 34.1 Å². The van der Waals surface area contributed by atoms with Crippen molar-refractivity contribution < 1.29 is 38.4 Å². The van der Waals surface area contributed by atoms with Gasteiger partial charge in [0.15, 0.2) is 29.2 Å². The molecular weight excluding hydrogens is 588 g/mol. The summed E-state index contributed by atoms with van der Waals surface area (Å²) in [6.07, 6.45) is 0.346. The molecule has 216 valence electrons. The number of amides is 2. The van der Waals surface area contributed by atoms with Crippen LogP contribution in [-0.2, 0) is 9.53 Å². The minimum absolute atomic E-state index is 0.159. The smallest absolute Gasteiger partial charge is 0.337 e. The summed E-state index contributed by atoms with van der Waals surface area (Å²) >= 11 is 3.43. The third-order valence-electron chi connectivity index (χ3n) is 5.66. The fraction of sp³-hybridized carbons (Fsp3) is 0.370. The Bertz CT molecular complexity index is 1280. The molecule has 0 saturated carbocycles. The maximum atomic E-state index is 12.4. The van der Waals surface area contributed by atoms with Gasteiger partial charge in [-0.2, -0.15) is 5.10 Å². The van der Waals surface area contributed by atoms with E-state index in [0.29, 0.717) is 53.0 Å². The monoisotopic (exact) mass is 620 g/mol. The van der Waals surface area contributed by atoms with Crippen molar-refractivity contribution in [2.75, 3.05) is 34.0 Å². The minimum Gasteiger partial charge on any atom is -0.493 e. The van der Waals surface area contributed by atoms with Crippen molar-refractivity contribution in [1.82, 2.24) is 16.1 Å². The molecule has 1 aliphatic rings. The number of allylic oxidation sites excluding steroid dienone is 1. The van der Waals surface area contributed by atoms with Crippen LogP contribution in [0.3, 0.4) is 0 Å². The van der Waals surface area contributed by atoms with Crippen molar-refractivity contribution in [1.29, 1.82) is 0 Å². The lowest BCUT2D eigenvalue weighted by molar-refractivity contribution is -0.136. The molecule has 2 aromatic carbocycles. The molecule has 0 spiro atoms. The van der Waals surface area contributed by atoms with Crippen LogP contribution in [0.4, 0.5) is 4.79 Å². The molecule has 2 amide bonds. The topological polar surface area (TPSA) is 149 Å². The summed E-state index contributed by atoms with van der Waals surface area (Å²) in [5.41, 5.74) is 4.50. The zero-order valence-electron chi connectivity index (χ0n) is 22.9. The van der Waals surface area contributed by atoms with Crippen molar-refractivity contribution in [3.8, 4) is 23.0 Å². The normalized spacial score (nSPS) is 15.7. The first-order valence-electron chi connectivity index (χ1n) is 12.4. The minimum atomic E-state index is -1.16. The number of esters is 1. The van der Waals surface area contributed by atoms with E-state index in [9.17, 15) is 14.7 Å². The Morgan fingerprint density at radius 3 is 2.55 bits per heavy atom. The number of ether oxygens (including phenoxy) is 5. The summed E-state index contributed by atoms with van der Waals surface area (Å²) in [5, 5.41) is 19.8. The molecule has 0 fully saturated rings. The molecule has 1 heterocycles. The van der Waals surface area contributed by atoms with E-state index in [1.54, 1.807) is 38.3 Å². The Hall–Kier alpha value is -3.97. The molecule has 0 aromatic heterocycles. The maximum Gasteiger partial charge on any atom is 0.337 e. The molecule has 1 aliphatic heterocycles. The summed E-state index contributed by atoms with van der Waals surface area (Å²) in [7, 11) is 2.82. The van der Waals surface area contributed by atoms with Crippen molar-refractivity contribution in [2.45, 2.75) is 33.0 Å². The van der Waals surface area contributed by atoms with E-state index >= 15 is 0 Å². The van der Waals surface area contributed by atoms with Gasteiger partial charge in [0, 0.05) is 15.7 Å². The first kappa shape index (κ1) is 30.6. The summed E-state index contributed by atoms with van der Waals surface area (Å²) in [6, 6.07) is 7.39. The molecule has 0 saturated heterocycles. The highest BCUT2D eigenvalue weighted by Gasteiger charge is 2.32. The number of hydrogen-bond donors (Lipinski definition) is 4. The number of nitrogens with one attached hydrogen (secondary N) is 3. The lowest BCUT2D eigenvalue weighted by Gasteiger charge is -2.28. The van der Waals surface area contributed by atoms with Crippen molar-refractivity contribution in [3.63, 3.8) is 0 Å². The summed E-state index contributed by atoms with van der Waals surface area (Å²) in [5.74, 6) is 1.22. The number of carbonyl (C=O) groups excluding carboxylic acids is 2. The zero-order chi connectivity index (χ0) is 29.2. The number of urea groups is 1. The van der Waals surface area contributed by atoms with Gasteiger partial charge in [-0.3, -0.25) is 5.43 Å². The first-order chi connectivity index (χ1) is 19.2. The molecule has 0 radical (unpaired) electrons. The number of methoxy groups -OCH3 is 2. The number of halogens is 1. The Labute approximate surface area is 240 Å². The molecule has 2 aromatic rings. The van der Waals surface area contributed by atoms with Gasteiger partial charge in [-0.1, -0.05) is 22.0 Å². The van der Waals surface area contributed by atoms with Gasteiger partial charge in [-0.25, -0.2) is 9.59 Å². The van der Waals surface area contributed by atoms with Gasteiger partial charge in [0.2, 0.25) is 0 Å². The molecule has 2 atom stereocenters. The number of hydrazone groups is 1. The van der Waals surface area contributed by atoms with E-state index in [2.05, 4.69) is 37.1 Å². The number of rotatable bonds is 13. The Balaban J connectivity index is 1.73. The predicted molar refractivity (Wildman–Crippen MR) is 151 cm³/mol. The van der Waals surface area contributed by atoms with Gasteiger partial charge in [0.1, 0.15) is 6.61 Å². The molecule has 0 unspecified atom stereocenters. The number of benzene rings is 2. The third-order valence-corrected chi connectivity index (χ3v) is 6.11. The second-order valence-electron chi connectivity index (χ2n) is 8.37. The number of aliphatic hydroxyl groups is 1. The van der Waals surface area contributed by atoms with Crippen LogP contribution in [0.15, 0.2) is 51.2 Å². The van der Waals surface area contributed by atoms with Crippen LogP contribution in [0.25, 0.3) is 0 Å². The molecule has 13 heteroatoms. The van der Waals surface area contributed by atoms with Crippen LogP contribution in [0.2, 0.25) is 0 Å². The summed E-state index contributed by atoms with van der Waals surface area (Å²) < 4.78 is 28.3. The van der Waals surface area contributed by atoms with Crippen molar-refractivity contribution in [2.24, 2.45) is 5.10 Å². The van der Waals surface area contributed by atoms with Crippen LogP contribution in [0.1, 0.15) is 37.9 Å². The molecular formula is C27H33BrN4O8. The predicted octanol–water partition coefficient (Wildman–Crippen LogP) is 3.38. The fourth-order valence-electron chi connectivity index (χ4n) is 3.95. The van der Waals surface area contributed by atoms with Gasteiger partial charge in [0.05, 0.1) is 45.3 Å². The highest BCUT2D eigenvalue weighted by Crippen LogP contribution is 2.35. The van der Waals surface area contributed by atoms with Crippen LogP contribution < -0.4 is 35.0 Å². The van der Waals surface area contributed by atoms with E-state index in [1.807, 2.05) is 19.9 Å². The van der Waals surface area contributed by atoms with Gasteiger partial charge in [0.25, 0.3) is 0 Å². The molecule has 40 heavy (non-hydrogen) atoms. The van der Waals surface area contributed by atoms with Crippen LogP contribution in [-0.4, -0.2) is 63.6 Å². The highest BCUT2D eigenvalue weighted by molar-refractivity contribution is 9.10. The van der Waals surface area contributed by atoms with E-state index in [4.69, 9.17) is 23.7 Å². The second-order valence-corrected chi connectivity index (χ2v) is 9.29. The summed E-state index contributed by atoms with van der Waals surface area (Å²) in [4.78, 5) is 24.5. The fourth-order valence-corrected chi connectivity index (χ4v) is 4.40. The van der Waals surface area contributed by atoms with Crippen LogP contribution in [0, 0.1) is 0 Å². The Kier molecular flexibility index (Phi) is 11.0. The largest absolute Gasteiger partial charge is 0.493 e. The van der Waals surface area contributed by atoms with E-state index in [0.717, 1.165) is 4.47 Å². The second kappa shape index (κ2) is 14.4. The quantitative estimate of drug-likeness (QED) is 0.114. The molecule has 0 bridgehead atoms. The molecule has 12 nitrogen and oxygen atoms in total. The van der Waals surface area contributed by atoms with Crippen LogP contribution in [0.5, 0.6) is 23.0 Å². The SMILES string of the molecule is CCOc1cc([C@@H]2NC(=O)NC(C)=C2C(=O)OC)ccc1OC[C@@H](O)N/N=C/c1cc(Br)cc(OC)c1OCC. The lowest BCUT2D eigenvalue weighted by atomic mass is 9.95. The number of nitrogens with zero attached hydrogens (tertiary/aromatic N) is 1. The van der Waals surface area contributed by atoms with Gasteiger partial charge >= 0.3 is 12.0 Å². The third kappa shape index (κ3) is 7.57. The number of carbonyl (C=O) groups is 2. The van der Waals surface area contributed by atoms with E-state index in [-0.39, 0.29) is 12.2 Å². The molecule has 3 rings (SSSR count). The Morgan fingerprint density at radius 1 is 1.12 bits per heavy atom. The van der Waals surface area contributed by atoms with Crippen LogP contribution >= 0.6 is 15.9 Å². The average molecular weight is 621 g/mol. The van der Waals surface area contributed by atoms with Gasteiger partial charge in [-0.15, -0.1) is 0 Å². The van der Waals surface area contributed by atoms with Gasteiger partial charge < -0.3 is 39.4 Å². The summed E-state index contributed by atoms with van der Waals surface area (Å²) in [6.45, 7) is 5.91. The molecule has 0 aliphatic carbocycles. The lowest BCUT2D eigenvalue weighted by Crippen LogP contribution is -2.45. The maximum absolute atomic E-state index is 12.4. The number of aliphatic hydroxyl groups excluding tert-OH is 1. The highest BCUT2D eigenvalue weighted by atomic mass is 79.9. The van der Waals surface area contributed by atoms with E-state index in [1.165, 1.54) is 13.3 Å². The number of hydrogen-bond acceptors (Lipinski definition) is 10. The van der Waals surface area contributed by atoms with E-state index < -0.39 is 24.3 Å². The van der Waals surface area contributed by atoms with Crippen molar-refractivity contribution in [3.05, 3.63) is 57.2 Å².